The van der Waals surface area contributed by atoms with Crippen molar-refractivity contribution in [2.24, 2.45) is 7.05 Å². The van der Waals surface area contributed by atoms with Gasteiger partial charge in [-0.2, -0.15) is 5.10 Å². The average molecular weight is 287 g/mol. The highest BCUT2D eigenvalue weighted by Gasteiger charge is 2.22. The first-order chi connectivity index (χ1) is 9.91. The molecule has 1 atom stereocenters. The van der Waals surface area contributed by atoms with Crippen molar-refractivity contribution in [1.82, 2.24) is 15.1 Å². The Bertz CT molecular complexity index is 569. The van der Waals surface area contributed by atoms with Crippen molar-refractivity contribution in [3.8, 4) is 0 Å². The first-order valence-electron chi connectivity index (χ1n) is 7.34. The van der Waals surface area contributed by atoms with Gasteiger partial charge in [0, 0.05) is 30.8 Å². The maximum atomic E-state index is 9.61. The Labute approximate surface area is 126 Å². The van der Waals surface area contributed by atoms with E-state index in [9.17, 15) is 5.11 Å². The lowest BCUT2D eigenvalue weighted by atomic mass is 9.89. The van der Waals surface area contributed by atoms with Gasteiger partial charge in [-0.05, 0) is 5.56 Å². The zero-order valence-electron chi connectivity index (χ0n) is 13.3. The molecule has 1 aromatic carbocycles. The second-order valence-corrected chi connectivity index (χ2v) is 6.45. The van der Waals surface area contributed by atoms with E-state index >= 15 is 0 Å². The SMILES string of the molecule is Cn1cc(CN[C@@H](CO)c2ccccc2)c(C(C)(C)C)n1. The van der Waals surface area contributed by atoms with E-state index in [4.69, 9.17) is 0 Å². The number of aliphatic hydroxyl groups is 1. The first kappa shape index (κ1) is 15.7. The summed E-state index contributed by atoms with van der Waals surface area (Å²) in [7, 11) is 1.94. The topological polar surface area (TPSA) is 50.1 Å². The van der Waals surface area contributed by atoms with Crippen molar-refractivity contribution in [3.63, 3.8) is 0 Å². The fraction of sp³-hybridized carbons (Fsp3) is 0.471. The Morgan fingerprint density at radius 1 is 1.24 bits per heavy atom. The summed E-state index contributed by atoms with van der Waals surface area (Å²) in [6, 6.07) is 9.97. The van der Waals surface area contributed by atoms with Gasteiger partial charge < -0.3 is 10.4 Å². The molecule has 0 saturated carbocycles. The van der Waals surface area contributed by atoms with Crippen LogP contribution in [0.15, 0.2) is 36.5 Å². The average Bonchev–Trinajstić information content (AvgIpc) is 2.82. The van der Waals surface area contributed by atoms with Gasteiger partial charge in [0.2, 0.25) is 0 Å². The highest BCUT2D eigenvalue weighted by atomic mass is 16.3. The summed E-state index contributed by atoms with van der Waals surface area (Å²) in [5.74, 6) is 0. The van der Waals surface area contributed by atoms with Crippen molar-refractivity contribution in [2.45, 2.75) is 38.8 Å². The van der Waals surface area contributed by atoms with E-state index < -0.39 is 0 Å². The summed E-state index contributed by atoms with van der Waals surface area (Å²) in [6.07, 6.45) is 2.05. The van der Waals surface area contributed by atoms with Crippen LogP contribution >= 0.6 is 0 Å². The number of aliphatic hydroxyl groups excluding tert-OH is 1. The highest BCUT2D eigenvalue weighted by molar-refractivity contribution is 5.25. The largest absolute Gasteiger partial charge is 0.394 e. The first-order valence-corrected chi connectivity index (χ1v) is 7.34. The lowest BCUT2D eigenvalue weighted by molar-refractivity contribution is 0.243. The molecule has 2 rings (SSSR count). The molecule has 21 heavy (non-hydrogen) atoms. The van der Waals surface area contributed by atoms with Crippen LogP contribution in [0.25, 0.3) is 0 Å². The third-order valence-corrected chi connectivity index (χ3v) is 3.54. The van der Waals surface area contributed by atoms with Crippen molar-refractivity contribution < 1.29 is 5.11 Å². The third kappa shape index (κ3) is 3.93. The van der Waals surface area contributed by atoms with Gasteiger partial charge in [-0.25, -0.2) is 0 Å². The van der Waals surface area contributed by atoms with Crippen LogP contribution in [0.1, 0.15) is 43.6 Å². The van der Waals surface area contributed by atoms with Gasteiger partial charge in [0.25, 0.3) is 0 Å². The molecule has 1 heterocycles. The minimum Gasteiger partial charge on any atom is -0.394 e. The molecule has 0 aliphatic carbocycles. The third-order valence-electron chi connectivity index (χ3n) is 3.54. The smallest absolute Gasteiger partial charge is 0.0722 e. The molecule has 2 aromatic rings. The van der Waals surface area contributed by atoms with Gasteiger partial charge in [0.05, 0.1) is 18.3 Å². The molecule has 0 unspecified atom stereocenters. The van der Waals surface area contributed by atoms with Crippen LogP contribution in [0.5, 0.6) is 0 Å². The van der Waals surface area contributed by atoms with Crippen molar-refractivity contribution in [2.75, 3.05) is 6.61 Å². The molecular formula is C17H25N3O. The van der Waals surface area contributed by atoms with E-state index in [2.05, 4.69) is 31.2 Å². The Hall–Kier alpha value is -1.65. The van der Waals surface area contributed by atoms with Crippen LogP contribution in [-0.2, 0) is 19.0 Å². The van der Waals surface area contributed by atoms with E-state index in [1.165, 1.54) is 5.56 Å². The quantitative estimate of drug-likeness (QED) is 0.888. The van der Waals surface area contributed by atoms with Crippen LogP contribution in [0.4, 0.5) is 0 Å². The standard InChI is InChI=1S/C17H25N3O/c1-17(2,3)16-14(11-20(4)19-16)10-18-15(12-21)13-8-6-5-7-9-13/h5-9,11,15,18,21H,10,12H2,1-4H3/t15-/m0/s1. The zero-order valence-corrected chi connectivity index (χ0v) is 13.3. The van der Waals surface area contributed by atoms with Gasteiger partial charge in [0.1, 0.15) is 0 Å². The van der Waals surface area contributed by atoms with E-state index in [0.717, 1.165) is 11.3 Å². The van der Waals surface area contributed by atoms with Crippen LogP contribution in [0.3, 0.4) is 0 Å². The summed E-state index contributed by atoms with van der Waals surface area (Å²) in [5.41, 5.74) is 3.39. The van der Waals surface area contributed by atoms with Crippen molar-refractivity contribution >= 4 is 0 Å². The molecule has 1 aromatic heterocycles. The molecule has 0 saturated heterocycles. The van der Waals surface area contributed by atoms with E-state index in [1.54, 1.807) is 0 Å². The van der Waals surface area contributed by atoms with Crippen molar-refractivity contribution in [1.29, 1.82) is 0 Å². The molecule has 0 amide bonds. The molecule has 114 valence electrons. The van der Waals surface area contributed by atoms with Crippen LogP contribution in [0.2, 0.25) is 0 Å². The molecule has 2 N–H and O–H groups in total. The number of benzene rings is 1. The lowest BCUT2D eigenvalue weighted by Gasteiger charge is -2.20. The normalized spacial score (nSPS) is 13.4. The van der Waals surface area contributed by atoms with Crippen LogP contribution < -0.4 is 5.32 Å². The molecule has 0 radical (unpaired) electrons. The summed E-state index contributed by atoms with van der Waals surface area (Å²) in [5, 5.41) is 17.6. The predicted octanol–water partition coefficient (Wildman–Crippen LogP) is 2.54. The summed E-state index contributed by atoms with van der Waals surface area (Å²) < 4.78 is 1.86. The summed E-state index contributed by atoms with van der Waals surface area (Å²) in [4.78, 5) is 0. The van der Waals surface area contributed by atoms with Gasteiger partial charge in [-0.15, -0.1) is 0 Å². The molecule has 4 nitrogen and oxygen atoms in total. The number of aromatic nitrogens is 2. The molecule has 0 spiro atoms. The monoisotopic (exact) mass is 287 g/mol. The van der Waals surface area contributed by atoms with Gasteiger partial charge in [0.15, 0.2) is 0 Å². The maximum absolute atomic E-state index is 9.61. The molecular weight excluding hydrogens is 262 g/mol. The second-order valence-electron chi connectivity index (χ2n) is 6.45. The Morgan fingerprint density at radius 3 is 2.48 bits per heavy atom. The fourth-order valence-corrected chi connectivity index (χ4v) is 2.50. The van der Waals surface area contributed by atoms with Crippen molar-refractivity contribution in [3.05, 3.63) is 53.3 Å². The zero-order chi connectivity index (χ0) is 15.5. The number of hydrogen-bond acceptors (Lipinski definition) is 3. The summed E-state index contributed by atoms with van der Waals surface area (Å²) >= 11 is 0. The molecule has 0 fully saturated rings. The molecule has 0 aliphatic heterocycles. The number of hydrogen-bond donors (Lipinski definition) is 2. The second kappa shape index (κ2) is 6.41. The van der Waals surface area contributed by atoms with E-state index in [-0.39, 0.29) is 18.1 Å². The predicted molar refractivity (Wildman–Crippen MR) is 85.0 cm³/mol. The fourth-order valence-electron chi connectivity index (χ4n) is 2.50. The highest BCUT2D eigenvalue weighted by Crippen LogP contribution is 2.24. The number of rotatable bonds is 5. The Morgan fingerprint density at radius 2 is 1.90 bits per heavy atom. The minimum absolute atomic E-state index is 0.0136. The van der Waals surface area contributed by atoms with E-state index in [1.807, 2.05) is 48.3 Å². The van der Waals surface area contributed by atoms with Crippen LogP contribution in [-0.4, -0.2) is 21.5 Å². The summed E-state index contributed by atoms with van der Waals surface area (Å²) in [6.45, 7) is 7.27. The minimum atomic E-state index is -0.0563. The number of nitrogens with one attached hydrogen (secondary N) is 1. The van der Waals surface area contributed by atoms with Gasteiger partial charge in [-0.3, -0.25) is 4.68 Å². The molecule has 4 heteroatoms. The van der Waals surface area contributed by atoms with Gasteiger partial charge >= 0.3 is 0 Å². The Balaban J connectivity index is 2.12. The van der Waals surface area contributed by atoms with Crippen LogP contribution in [0, 0.1) is 0 Å². The van der Waals surface area contributed by atoms with Gasteiger partial charge in [-0.1, -0.05) is 51.1 Å². The number of aryl methyl sites for hydroxylation is 1. The number of nitrogens with zero attached hydrogens (tertiary/aromatic N) is 2. The lowest BCUT2D eigenvalue weighted by Crippen LogP contribution is -2.25. The van der Waals surface area contributed by atoms with E-state index in [0.29, 0.717) is 6.54 Å². The molecule has 0 bridgehead atoms. The Kier molecular flexibility index (Phi) is 4.80. The molecule has 0 aliphatic rings. The maximum Gasteiger partial charge on any atom is 0.0722 e.